The summed E-state index contributed by atoms with van der Waals surface area (Å²) in [5.74, 6) is -0.0411. The number of alkyl carbamates (subject to hydrolysis) is 1. The van der Waals surface area contributed by atoms with E-state index in [0.29, 0.717) is 5.56 Å². The summed E-state index contributed by atoms with van der Waals surface area (Å²) in [6.07, 6.45) is -2.97. The topological polar surface area (TPSA) is 83.7 Å². The minimum Gasteiger partial charge on any atom is -0.449 e. The normalized spacial score (nSPS) is 14.3. The van der Waals surface area contributed by atoms with Crippen LogP contribution in [-0.2, 0) is 11.3 Å². The highest BCUT2D eigenvalue weighted by Crippen LogP contribution is 2.44. The molecule has 3 N–H and O–H groups in total. The molecule has 2 atom stereocenters. The summed E-state index contributed by atoms with van der Waals surface area (Å²) in [7, 11) is 0. The van der Waals surface area contributed by atoms with Crippen LogP contribution in [-0.4, -0.2) is 40.1 Å². The predicted molar refractivity (Wildman–Crippen MR) is 149 cm³/mol. The summed E-state index contributed by atoms with van der Waals surface area (Å²) in [5, 5.41) is 26.3. The maximum absolute atomic E-state index is 12.5. The van der Waals surface area contributed by atoms with Gasteiger partial charge in [0, 0.05) is 40.8 Å². The number of aliphatic hydroxyl groups excluding tert-OH is 2. The highest BCUT2D eigenvalue weighted by molar-refractivity contribution is 6.08. The van der Waals surface area contributed by atoms with E-state index < -0.39 is 18.3 Å². The Morgan fingerprint density at radius 2 is 1.50 bits per heavy atom. The molecule has 1 heterocycles. The molecule has 2 unspecified atom stereocenters. The first kappa shape index (κ1) is 24.2. The van der Waals surface area contributed by atoms with Gasteiger partial charge in [-0.2, -0.15) is 0 Å². The highest BCUT2D eigenvalue weighted by atomic mass is 16.5. The number of hydrogen-bond donors (Lipinski definition) is 3. The number of aromatic nitrogens is 1. The molecule has 6 heteroatoms. The largest absolute Gasteiger partial charge is 0.449 e. The van der Waals surface area contributed by atoms with Crippen LogP contribution in [0.15, 0.2) is 91.0 Å². The number of nitrogens with zero attached hydrogens (tertiary/aromatic N) is 1. The molecule has 1 amide bonds. The molecule has 5 aromatic rings. The Bertz CT molecular complexity index is 1590. The van der Waals surface area contributed by atoms with E-state index in [9.17, 15) is 15.0 Å². The van der Waals surface area contributed by atoms with E-state index in [1.165, 1.54) is 0 Å². The summed E-state index contributed by atoms with van der Waals surface area (Å²) < 4.78 is 7.78. The fraction of sp³-hybridized carbons (Fsp3) is 0.219. The fourth-order valence-electron chi connectivity index (χ4n) is 5.77. The second kappa shape index (κ2) is 9.97. The smallest absolute Gasteiger partial charge is 0.407 e. The van der Waals surface area contributed by atoms with Gasteiger partial charge < -0.3 is 24.8 Å². The molecular formula is C32H30N2O4. The number of rotatable bonds is 7. The van der Waals surface area contributed by atoms with E-state index in [2.05, 4.69) is 53.2 Å². The molecule has 0 spiro atoms. The number of aliphatic hydroxyl groups is 2. The van der Waals surface area contributed by atoms with Crippen LogP contribution in [0.2, 0.25) is 0 Å². The van der Waals surface area contributed by atoms with Crippen LogP contribution in [0.5, 0.6) is 0 Å². The van der Waals surface area contributed by atoms with Crippen molar-refractivity contribution in [3.8, 4) is 11.1 Å². The molecular weight excluding hydrogens is 476 g/mol. The second-order valence-electron chi connectivity index (χ2n) is 9.76. The lowest BCUT2D eigenvalue weighted by atomic mass is 9.98. The van der Waals surface area contributed by atoms with Gasteiger partial charge in [-0.1, -0.05) is 72.8 Å². The molecule has 192 valence electrons. The number of carbonyl (C=O) groups is 1. The molecule has 0 radical (unpaired) electrons. The number of carbonyl (C=O) groups excluding carboxylic acids is 1. The first-order chi connectivity index (χ1) is 18.6. The number of nitrogens with one attached hydrogen (secondary N) is 1. The number of benzene rings is 4. The van der Waals surface area contributed by atoms with Gasteiger partial charge in [-0.25, -0.2) is 4.79 Å². The number of aryl methyl sites for hydroxylation is 1. The Morgan fingerprint density at radius 1 is 0.868 bits per heavy atom. The van der Waals surface area contributed by atoms with E-state index in [0.717, 1.165) is 50.6 Å². The van der Waals surface area contributed by atoms with Crippen molar-refractivity contribution in [1.29, 1.82) is 0 Å². The van der Waals surface area contributed by atoms with Crippen LogP contribution in [0.1, 0.15) is 35.6 Å². The number of para-hydroxylation sites is 1. The summed E-state index contributed by atoms with van der Waals surface area (Å²) in [6, 6.07) is 30.2. The molecule has 6 nitrogen and oxygen atoms in total. The number of amides is 1. The van der Waals surface area contributed by atoms with E-state index in [1.54, 1.807) is 0 Å². The third kappa shape index (κ3) is 4.12. The van der Waals surface area contributed by atoms with E-state index >= 15 is 0 Å². The van der Waals surface area contributed by atoms with Crippen LogP contribution in [0.4, 0.5) is 4.79 Å². The van der Waals surface area contributed by atoms with Crippen LogP contribution in [0.25, 0.3) is 32.9 Å². The predicted octanol–water partition coefficient (Wildman–Crippen LogP) is 5.75. The van der Waals surface area contributed by atoms with Gasteiger partial charge in [-0.05, 0) is 52.9 Å². The number of hydrogen-bond acceptors (Lipinski definition) is 4. The SMILES string of the molecule is CCn1c2ccccc2c2cc(C(O)C(O)CNC(=O)OCC3c4ccccc4-c4ccccc43)ccc21. The van der Waals surface area contributed by atoms with Gasteiger partial charge in [0.05, 0.1) is 0 Å². The maximum Gasteiger partial charge on any atom is 0.407 e. The summed E-state index contributed by atoms with van der Waals surface area (Å²) in [6.45, 7) is 3.00. The van der Waals surface area contributed by atoms with Gasteiger partial charge in [-0.15, -0.1) is 0 Å². The molecule has 0 bridgehead atoms. The van der Waals surface area contributed by atoms with Gasteiger partial charge in [-0.3, -0.25) is 0 Å². The minimum absolute atomic E-state index is 0.0411. The van der Waals surface area contributed by atoms with Gasteiger partial charge >= 0.3 is 6.09 Å². The Hall–Kier alpha value is -4.13. The van der Waals surface area contributed by atoms with Crippen molar-refractivity contribution in [2.45, 2.75) is 31.6 Å². The van der Waals surface area contributed by atoms with Crippen LogP contribution in [0.3, 0.4) is 0 Å². The quantitative estimate of drug-likeness (QED) is 0.263. The molecule has 6 rings (SSSR count). The zero-order valence-corrected chi connectivity index (χ0v) is 21.2. The average Bonchev–Trinajstić information content (AvgIpc) is 3.46. The molecule has 0 aliphatic heterocycles. The lowest BCUT2D eigenvalue weighted by Gasteiger charge is -2.19. The average molecular weight is 507 g/mol. The van der Waals surface area contributed by atoms with Crippen molar-refractivity contribution in [1.82, 2.24) is 9.88 Å². The van der Waals surface area contributed by atoms with E-state index in [1.807, 2.05) is 54.6 Å². The number of fused-ring (bicyclic) bond motifs is 6. The first-order valence-corrected chi connectivity index (χ1v) is 13.0. The molecule has 4 aromatic carbocycles. The van der Waals surface area contributed by atoms with Crippen LogP contribution in [0, 0.1) is 0 Å². The third-order valence-electron chi connectivity index (χ3n) is 7.62. The van der Waals surface area contributed by atoms with Crippen molar-refractivity contribution >= 4 is 27.9 Å². The molecule has 1 aliphatic carbocycles. The zero-order valence-electron chi connectivity index (χ0n) is 21.2. The summed E-state index contributed by atoms with van der Waals surface area (Å²) >= 11 is 0. The van der Waals surface area contributed by atoms with Gasteiger partial charge in [0.15, 0.2) is 0 Å². The minimum atomic E-state index is -1.19. The van der Waals surface area contributed by atoms with Gasteiger partial charge in [0.25, 0.3) is 0 Å². The lowest BCUT2D eigenvalue weighted by molar-refractivity contribution is 0.0186. The summed E-state index contributed by atoms with van der Waals surface area (Å²) in [5.41, 5.74) is 7.40. The monoisotopic (exact) mass is 506 g/mol. The van der Waals surface area contributed by atoms with Crippen molar-refractivity contribution < 1.29 is 19.7 Å². The van der Waals surface area contributed by atoms with Crippen LogP contribution < -0.4 is 5.32 Å². The standard InChI is InChI=1S/C32H30N2O4/c1-2-34-28-14-8-7-13-25(28)26-17-20(15-16-29(26)34)31(36)30(35)18-33-32(37)38-19-27-23-11-5-3-9-21(23)22-10-4-6-12-24(22)27/h3-17,27,30-31,35-36H,2,18-19H2,1H3,(H,33,37). The Balaban J connectivity index is 1.11. The van der Waals surface area contributed by atoms with Gasteiger partial charge in [0.2, 0.25) is 0 Å². The van der Waals surface area contributed by atoms with E-state index in [-0.39, 0.29) is 19.1 Å². The number of ether oxygens (including phenoxy) is 1. The zero-order chi connectivity index (χ0) is 26.2. The maximum atomic E-state index is 12.5. The van der Waals surface area contributed by atoms with Crippen LogP contribution >= 0.6 is 0 Å². The highest BCUT2D eigenvalue weighted by Gasteiger charge is 2.29. The molecule has 1 aliphatic rings. The fourth-order valence-corrected chi connectivity index (χ4v) is 5.77. The van der Waals surface area contributed by atoms with Crippen molar-refractivity contribution in [2.75, 3.05) is 13.2 Å². The Morgan fingerprint density at radius 3 is 2.21 bits per heavy atom. The molecule has 0 fully saturated rings. The molecule has 0 saturated heterocycles. The molecule has 1 aromatic heterocycles. The molecule has 38 heavy (non-hydrogen) atoms. The Kier molecular flexibility index (Phi) is 6.35. The van der Waals surface area contributed by atoms with Gasteiger partial charge in [0.1, 0.15) is 18.8 Å². The van der Waals surface area contributed by atoms with Crippen molar-refractivity contribution in [3.63, 3.8) is 0 Å². The Labute approximate surface area is 221 Å². The first-order valence-electron chi connectivity index (χ1n) is 13.0. The molecule has 0 saturated carbocycles. The van der Waals surface area contributed by atoms with Crippen molar-refractivity contribution in [2.24, 2.45) is 0 Å². The second-order valence-corrected chi connectivity index (χ2v) is 9.76. The summed E-state index contributed by atoms with van der Waals surface area (Å²) in [4.78, 5) is 12.5. The third-order valence-corrected chi connectivity index (χ3v) is 7.62. The van der Waals surface area contributed by atoms with E-state index in [4.69, 9.17) is 4.74 Å². The van der Waals surface area contributed by atoms with Crippen molar-refractivity contribution in [3.05, 3.63) is 108 Å². The lowest BCUT2D eigenvalue weighted by Crippen LogP contribution is -2.36.